The third kappa shape index (κ3) is 81.6. The summed E-state index contributed by atoms with van der Waals surface area (Å²) in [5.41, 5.74) is 0. The van der Waals surface area contributed by atoms with Gasteiger partial charge in [0.1, 0.15) is 0 Å². The maximum Gasteiger partial charge on any atom is 0.0696 e. The molecule has 0 bridgehead atoms. The number of methoxy groups -OCH3 is 4. The van der Waals surface area contributed by atoms with E-state index in [2.05, 4.69) is 20.1 Å². The van der Waals surface area contributed by atoms with Gasteiger partial charge in [-0.05, 0) is 14.1 Å². The van der Waals surface area contributed by atoms with Crippen LogP contribution in [0.3, 0.4) is 0 Å². The first-order valence-electron chi connectivity index (χ1n) is 5.99. The van der Waals surface area contributed by atoms with Crippen molar-refractivity contribution in [2.45, 2.75) is 7.43 Å². The second-order valence-corrected chi connectivity index (χ2v) is 3.18. The Bertz CT molecular complexity index is 81.6. The summed E-state index contributed by atoms with van der Waals surface area (Å²) in [4.78, 5) is 0. The van der Waals surface area contributed by atoms with Gasteiger partial charge in [-0.1, -0.05) is 7.43 Å². The van der Waals surface area contributed by atoms with E-state index in [0.29, 0.717) is 13.2 Å². The smallest absolute Gasteiger partial charge is 0.0696 e. The fraction of sp³-hybridized carbons (Fsp3) is 1.00. The number of hydrogen-bond donors (Lipinski definition) is 2. The minimum absolute atomic E-state index is 0. The third-order valence-electron chi connectivity index (χ3n) is 1.60. The summed E-state index contributed by atoms with van der Waals surface area (Å²) in [5, 5.41) is 5.89. The Kier molecular flexibility index (Phi) is 89.1. The third-order valence-corrected chi connectivity index (χ3v) is 1.60. The van der Waals surface area contributed by atoms with Crippen molar-refractivity contribution >= 4 is 0 Å². The molecule has 0 saturated heterocycles. The number of nitrogens with one attached hydrogen (secondary N) is 2. The molecule has 0 aromatic carbocycles. The first-order chi connectivity index (χ1) is 8.74. The van der Waals surface area contributed by atoms with Gasteiger partial charge < -0.3 is 40.5 Å². The number of likely N-dealkylation sites (N-methyl/N-ethyl adjacent to an activating group) is 2. The molecule has 0 fully saturated rings. The van der Waals surface area contributed by atoms with Crippen molar-refractivity contribution in [3.05, 3.63) is 0 Å². The largest absolute Gasteiger partial charge is 0.412 e. The van der Waals surface area contributed by atoms with Crippen molar-refractivity contribution in [3.63, 3.8) is 0 Å². The lowest BCUT2D eigenvalue weighted by Crippen LogP contribution is -2.12. The molecule has 0 unspecified atom stereocenters. The molecule has 0 aliphatic carbocycles. The topological polar surface area (TPSA) is 124 Å². The van der Waals surface area contributed by atoms with Crippen LogP contribution in [0.1, 0.15) is 7.43 Å². The van der Waals surface area contributed by atoms with Gasteiger partial charge in [0.25, 0.3) is 0 Å². The minimum atomic E-state index is 0. The molecule has 21 heavy (non-hydrogen) atoms. The number of hydrogen-bond acceptors (Lipinski definition) is 6. The summed E-state index contributed by atoms with van der Waals surface area (Å²) in [6, 6.07) is 0. The van der Waals surface area contributed by atoms with Crippen molar-refractivity contribution < 1.29 is 29.9 Å². The fourth-order valence-electron chi connectivity index (χ4n) is 0.575. The van der Waals surface area contributed by atoms with Gasteiger partial charge in [0.05, 0.1) is 26.4 Å². The molecule has 6 N–H and O–H groups in total. The summed E-state index contributed by atoms with van der Waals surface area (Å²) in [6.45, 7) is 4.87. The Morgan fingerprint density at radius 3 is 0.905 bits per heavy atom. The zero-order valence-corrected chi connectivity index (χ0v) is 13.9. The molecule has 0 aliphatic rings. The monoisotopic (exact) mass is 320 g/mol. The Hall–Kier alpha value is -0.320. The second-order valence-electron chi connectivity index (χ2n) is 3.18. The molecule has 0 aromatic heterocycles. The number of rotatable bonds is 9. The highest BCUT2D eigenvalue weighted by Crippen LogP contribution is 1.65. The van der Waals surface area contributed by atoms with Crippen LogP contribution in [0.4, 0.5) is 0 Å². The van der Waals surface area contributed by atoms with Crippen LogP contribution in [0.2, 0.25) is 0 Å². The van der Waals surface area contributed by atoms with E-state index < -0.39 is 0 Å². The van der Waals surface area contributed by atoms with Crippen LogP contribution in [-0.2, 0) is 18.9 Å². The molecule has 0 aliphatic heterocycles. The zero-order chi connectivity index (χ0) is 14.5. The summed E-state index contributed by atoms with van der Waals surface area (Å²) in [7, 11) is 10.5. The SMILES string of the molecule is C.CNCCOC.CNCCOC.COCCOC.O.O. The molecule has 0 saturated carbocycles. The van der Waals surface area contributed by atoms with E-state index in [0.717, 1.165) is 26.3 Å². The molecule has 0 spiro atoms. The van der Waals surface area contributed by atoms with E-state index in [1.54, 1.807) is 28.4 Å². The fourth-order valence-corrected chi connectivity index (χ4v) is 0.575. The Morgan fingerprint density at radius 1 is 0.571 bits per heavy atom. The van der Waals surface area contributed by atoms with Crippen LogP contribution in [-0.4, -0.2) is 93.0 Å². The van der Waals surface area contributed by atoms with Gasteiger partial charge >= 0.3 is 0 Å². The van der Waals surface area contributed by atoms with Crippen molar-refractivity contribution in [2.24, 2.45) is 0 Å². The van der Waals surface area contributed by atoms with Crippen molar-refractivity contribution in [3.8, 4) is 0 Å². The molecule has 0 aromatic rings. The van der Waals surface area contributed by atoms with Crippen molar-refractivity contribution in [1.29, 1.82) is 0 Å². The predicted molar refractivity (Wildman–Crippen MR) is 89.3 cm³/mol. The Labute approximate surface area is 131 Å². The Balaban J connectivity index is -0.0000000375. The van der Waals surface area contributed by atoms with Gasteiger partial charge in [-0.3, -0.25) is 0 Å². The average Bonchev–Trinajstić information content (AvgIpc) is 2.42. The highest BCUT2D eigenvalue weighted by molar-refractivity contribution is 4.30. The van der Waals surface area contributed by atoms with Gasteiger partial charge in [-0.2, -0.15) is 0 Å². The van der Waals surface area contributed by atoms with Gasteiger partial charge in [0.15, 0.2) is 0 Å². The summed E-state index contributed by atoms with van der Waals surface area (Å²) < 4.78 is 18.8. The highest BCUT2D eigenvalue weighted by Gasteiger charge is 1.74. The second kappa shape index (κ2) is 50.3. The van der Waals surface area contributed by atoms with Gasteiger partial charge in [-0.15, -0.1) is 0 Å². The summed E-state index contributed by atoms with van der Waals surface area (Å²) in [6.07, 6.45) is 0. The molecule has 8 heteroatoms. The lowest BCUT2D eigenvalue weighted by Gasteiger charge is -1.92. The van der Waals surface area contributed by atoms with Crippen LogP contribution < -0.4 is 10.6 Å². The average molecular weight is 320 g/mol. The molecule has 0 rings (SSSR count). The maximum absolute atomic E-state index is 4.72. The van der Waals surface area contributed by atoms with Crippen LogP contribution in [0, 0.1) is 0 Å². The van der Waals surface area contributed by atoms with Crippen LogP contribution in [0.25, 0.3) is 0 Å². The lowest BCUT2D eigenvalue weighted by molar-refractivity contribution is 0.103. The van der Waals surface area contributed by atoms with Gasteiger partial charge in [0, 0.05) is 41.5 Å². The quantitative estimate of drug-likeness (QED) is 0.523. The molecule has 0 atom stereocenters. The number of ether oxygens (including phenoxy) is 4. The molecular formula is C13H40N2O6. The first kappa shape index (κ1) is 37.2. The normalized spacial score (nSPS) is 7.71. The summed E-state index contributed by atoms with van der Waals surface area (Å²) >= 11 is 0. The molecule has 0 heterocycles. The van der Waals surface area contributed by atoms with E-state index in [9.17, 15) is 0 Å². The van der Waals surface area contributed by atoms with Gasteiger partial charge in [-0.25, -0.2) is 0 Å². The van der Waals surface area contributed by atoms with Crippen LogP contribution in [0.15, 0.2) is 0 Å². The Morgan fingerprint density at radius 2 is 0.810 bits per heavy atom. The van der Waals surface area contributed by atoms with Crippen LogP contribution in [0.5, 0.6) is 0 Å². The predicted octanol–water partition coefficient (Wildman–Crippen LogP) is -1.03. The highest BCUT2D eigenvalue weighted by atomic mass is 16.5. The van der Waals surface area contributed by atoms with E-state index in [1.165, 1.54) is 0 Å². The summed E-state index contributed by atoms with van der Waals surface area (Å²) in [5.74, 6) is 0. The van der Waals surface area contributed by atoms with Crippen molar-refractivity contribution in [1.82, 2.24) is 10.6 Å². The standard InChI is InChI=1S/2C4H11NO.C4H10O2.CH4.2H2O/c3*1-5-3-4-6-2;;;/h2*5H,3-4H2,1-2H3;3-4H2,1-2H3;1H4;2*1H2. The molecular weight excluding hydrogens is 280 g/mol. The molecule has 8 nitrogen and oxygen atoms in total. The van der Waals surface area contributed by atoms with E-state index >= 15 is 0 Å². The molecule has 0 amide bonds. The van der Waals surface area contributed by atoms with E-state index in [-0.39, 0.29) is 18.4 Å². The lowest BCUT2D eigenvalue weighted by atomic mass is 10.7. The van der Waals surface area contributed by atoms with E-state index in [4.69, 9.17) is 9.47 Å². The minimum Gasteiger partial charge on any atom is -0.412 e. The molecule has 0 radical (unpaired) electrons. The van der Waals surface area contributed by atoms with Crippen molar-refractivity contribution in [2.75, 3.05) is 82.1 Å². The first-order valence-corrected chi connectivity index (χ1v) is 5.99. The molecule has 138 valence electrons. The van der Waals surface area contributed by atoms with E-state index in [1.807, 2.05) is 14.1 Å². The zero-order valence-electron chi connectivity index (χ0n) is 13.9. The van der Waals surface area contributed by atoms with Gasteiger partial charge in [0.2, 0.25) is 0 Å². The maximum atomic E-state index is 4.72. The van der Waals surface area contributed by atoms with Crippen LogP contribution >= 0.6 is 0 Å².